The lowest BCUT2D eigenvalue weighted by atomic mass is 10.1. The molecule has 14 heavy (non-hydrogen) atoms. The average molecular weight is 262 g/mol. The minimum absolute atomic E-state index is 0.0152. The van der Waals surface area contributed by atoms with Crippen molar-refractivity contribution in [3.8, 4) is 0 Å². The van der Waals surface area contributed by atoms with Crippen molar-refractivity contribution in [1.82, 2.24) is 0 Å². The molecule has 0 aromatic heterocycles. The van der Waals surface area contributed by atoms with E-state index in [1.54, 1.807) is 6.07 Å². The lowest BCUT2D eigenvalue weighted by Gasteiger charge is -2.06. The van der Waals surface area contributed by atoms with Gasteiger partial charge in [0.2, 0.25) is 0 Å². The van der Waals surface area contributed by atoms with Crippen LogP contribution in [0.1, 0.15) is 5.56 Å². The van der Waals surface area contributed by atoms with Crippen LogP contribution >= 0.6 is 15.9 Å². The standard InChI is InChI=1S/C9H9BrFNO2/c1-14-8(13)3-5-2-6(10)4-7(11)9(5)12/h2,4H,3,12H2,1H3. The average Bonchev–Trinajstić information content (AvgIpc) is 2.13. The third kappa shape index (κ3) is 2.45. The van der Waals surface area contributed by atoms with Gasteiger partial charge < -0.3 is 10.5 Å². The molecule has 0 aliphatic carbocycles. The molecule has 0 spiro atoms. The number of hydrogen-bond acceptors (Lipinski definition) is 3. The van der Waals surface area contributed by atoms with Gasteiger partial charge in [0.15, 0.2) is 0 Å². The first-order chi connectivity index (χ1) is 6.54. The zero-order valence-corrected chi connectivity index (χ0v) is 9.10. The summed E-state index contributed by atoms with van der Waals surface area (Å²) in [5, 5.41) is 0. The second kappa shape index (κ2) is 4.41. The Morgan fingerprint density at radius 1 is 1.64 bits per heavy atom. The van der Waals surface area contributed by atoms with Crippen molar-refractivity contribution < 1.29 is 13.9 Å². The van der Waals surface area contributed by atoms with Gasteiger partial charge in [0.05, 0.1) is 19.2 Å². The molecule has 0 aliphatic heterocycles. The van der Waals surface area contributed by atoms with E-state index in [9.17, 15) is 9.18 Å². The number of anilines is 1. The van der Waals surface area contributed by atoms with Crippen LogP contribution < -0.4 is 5.73 Å². The maximum absolute atomic E-state index is 13.1. The van der Waals surface area contributed by atoms with Crippen LogP contribution in [0.25, 0.3) is 0 Å². The highest BCUT2D eigenvalue weighted by molar-refractivity contribution is 9.10. The third-order valence-corrected chi connectivity index (χ3v) is 2.20. The zero-order valence-electron chi connectivity index (χ0n) is 7.51. The summed E-state index contributed by atoms with van der Waals surface area (Å²) < 4.78 is 18.1. The summed E-state index contributed by atoms with van der Waals surface area (Å²) in [6.07, 6.45) is -0.0291. The largest absolute Gasteiger partial charge is 0.469 e. The van der Waals surface area contributed by atoms with Crippen LogP contribution in [-0.2, 0) is 16.0 Å². The summed E-state index contributed by atoms with van der Waals surface area (Å²) >= 11 is 3.11. The number of benzene rings is 1. The molecule has 0 saturated heterocycles. The maximum Gasteiger partial charge on any atom is 0.310 e. The van der Waals surface area contributed by atoms with E-state index in [4.69, 9.17) is 5.73 Å². The van der Waals surface area contributed by atoms with Crippen molar-refractivity contribution in [2.75, 3.05) is 12.8 Å². The van der Waals surface area contributed by atoms with Crippen molar-refractivity contribution >= 4 is 27.6 Å². The molecule has 0 aliphatic rings. The molecule has 76 valence electrons. The first-order valence-electron chi connectivity index (χ1n) is 3.84. The molecule has 2 N–H and O–H groups in total. The maximum atomic E-state index is 13.1. The predicted molar refractivity (Wildman–Crippen MR) is 54.2 cm³/mol. The minimum Gasteiger partial charge on any atom is -0.469 e. The van der Waals surface area contributed by atoms with Crippen LogP contribution in [0.3, 0.4) is 0 Å². The molecule has 0 saturated carbocycles. The third-order valence-electron chi connectivity index (χ3n) is 1.74. The van der Waals surface area contributed by atoms with Gasteiger partial charge in [-0.05, 0) is 17.7 Å². The van der Waals surface area contributed by atoms with Gasteiger partial charge in [-0.1, -0.05) is 15.9 Å². The van der Waals surface area contributed by atoms with Gasteiger partial charge in [-0.2, -0.15) is 0 Å². The van der Waals surface area contributed by atoms with E-state index in [0.29, 0.717) is 10.0 Å². The van der Waals surface area contributed by atoms with Crippen LogP contribution in [0.5, 0.6) is 0 Å². The number of carbonyl (C=O) groups is 1. The molecule has 5 heteroatoms. The van der Waals surface area contributed by atoms with Crippen LogP contribution in [0.15, 0.2) is 16.6 Å². The molecular weight excluding hydrogens is 253 g/mol. The molecule has 0 bridgehead atoms. The molecule has 0 radical (unpaired) electrons. The lowest BCUT2D eigenvalue weighted by Crippen LogP contribution is -2.08. The van der Waals surface area contributed by atoms with Crippen molar-refractivity contribution in [2.45, 2.75) is 6.42 Å². The molecule has 0 atom stereocenters. The Kier molecular flexibility index (Phi) is 3.46. The number of nitrogens with two attached hydrogens (primary N) is 1. The Morgan fingerprint density at radius 3 is 2.86 bits per heavy atom. The van der Waals surface area contributed by atoms with Crippen molar-refractivity contribution in [2.24, 2.45) is 0 Å². The molecule has 0 unspecified atom stereocenters. The Labute approximate surface area is 89.2 Å². The zero-order chi connectivity index (χ0) is 10.7. The van der Waals surface area contributed by atoms with Gasteiger partial charge in [-0.15, -0.1) is 0 Å². The predicted octanol–water partition coefficient (Wildman–Crippen LogP) is 1.89. The van der Waals surface area contributed by atoms with Crippen molar-refractivity contribution in [3.05, 3.63) is 28.0 Å². The number of halogens is 2. The summed E-state index contributed by atoms with van der Waals surface area (Å²) in [6, 6.07) is 2.84. The van der Waals surface area contributed by atoms with E-state index in [-0.39, 0.29) is 12.1 Å². The Morgan fingerprint density at radius 2 is 2.29 bits per heavy atom. The van der Waals surface area contributed by atoms with Crippen LogP contribution in [0, 0.1) is 5.82 Å². The van der Waals surface area contributed by atoms with E-state index in [2.05, 4.69) is 20.7 Å². The second-order valence-electron chi connectivity index (χ2n) is 2.71. The van der Waals surface area contributed by atoms with Gasteiger partial charge in [0.25, 0.3) is 0 Å². The van der Waals surface area contributed by atoms with Crippen molar-refractivity contribution in [1.29, 1.82) is 0 Å². The van der Waals surface area contributed by atoms with E-state index >= 15 is 0 Å². The Bertz CT molecular complexity index is 368. The van der Waals surface area contributed by atoms with Gasteiger partial charge >= 0.3 is 5.97 Å². The lowest BCUT2D eigenvalue weighted by molar-refractivity contribution is -0.139. The summed E-state index contributed by atoms with van der Waals surface area (Å²) in [6.45, 7) is 0. The highest BCUT2D eigenvalue weighted by Crippen LogP contribution is 2.22. The van der Waals surface area contributed by atoms with Crippen LogP contribution in [0.4, 0.5) is 10.1 Å². The first kappa shape index (κ1) is 11.0. The summed E-state index contributed by atoms with van der Waals surface area (Å²) in [5.74, 6) is -0.993. The number of hydrogen-bond donors (Lipinski definition) is 1. The van der Waals surface area contributed by atoms with Gasteiger partial charge in [0, 0.05) is 4.47 Å². The fourth-order valence-electron chi connectivity index (χ4n) is 1.01. The molecule has 0 amide bonds. The topological polar surface area (TPSA) is 52.3 Å². The normalized spacial score (nSPS) is 9.93. The number of nitrogen functional groups attached to an aromatic ring is 1. The number of rotatable bonds is 2. The van der Waals surface area contributed by atoms with Crippen LogP contribution in [0.2, 0.25) is 0 Å². The fourth-order valence-corrected chi connectivity index (χ4v) is 1.49. The van der Waals surface area contributed by atoms with E-state index in [1.807, 2.05) is 0 Å². The molecule has 0 heterocycles. The fraction of sp³-hybridized carbons (Fsp3) is 0.222. The minimum atomic E-state index is -0.543. The highest BCUT2D eigenvalue weighted by Gasteiger charge is 2.10. The van der Waals surface area contributed by atoms with Gasteiger partial charge in [-0.3, -0.25) is 4.79 Å². The number of carbonyl (C=O) groups excluding carboxylic acids is 1. The van der Waals surface area contributed by atoms with E-state index in [0.717, 1.165) is 0 Å². The second-order valence-corrected chi connectivity index (χ2v) is 3.63. The number of esters is 1. The van der Waals surface area contributed by atoms with Crippen LogP contribution in [-0.4, -0.2) is 13.1 Å². The van der Waals surface area contributed by atoms with Crippen molar-refractivity contribution in [3.63, 3.8) is 0 Å². The van der Waals surface area contributed by atoms with E-state index in [1.165, 1.54) is 13.2 Å². The molecular formula is C9H9BrFNO2. The monoisotopic (exact) mass is 261 g/mol. The van der Waals surface area contributed by atoms with Gasteiger partial charge in [0.1, 0.15) is 5.82 Å². The molecule has 1 aromatic rings. The number of methoxy groups -OCH3 is 1. The summed E-state index contributed by atoms with van der Waals surface area (Å²) in [5.41, 5.74) is 5.86. The smallest absolute Gasteiger partial charge is 0.310 e. The quantitative estimate of drug-likeness (QED) is 0.654. The Hall–Kier alpha value is -1.10. The summed E-state index contributed by atoms with van der Waals surface area (Å²) in [7, 11) is 1.27. The molecule has 3 nitrogen and oxygen atoms in total. The summed E-state index contributed by atoms with van der Waals surface area (Å²) in [4.78, 5) is 10.9. The van der Waals surface area contributed by atoms with E-state index < -0.39 is 11.8 Å². The van der Waals surface area contributed by atoms with Gasteiger partial charge in [-0.25, -0.2) is 4.39 Å². The highest BCUT2D eigenvalue weighted by atomic mass is 79.9. The molecule has 0 fully saturated rings. The molecule has 1 rings (SSSR count). The SMILES string of the molecule is COC(=O)Cc1cc(Br)cc(F)c1N. The Balaban J connectivity index is 3.02. The number of ether oxygens (including phenoxy) is 1. The first-order valence-corrected chi connectivity index (χ1v) is 4.64. The molecule has 1 aromatic carbocycles.